The SMILES string of the molecule is CCOC(=O)C1C=Cc2c1ccc1ccccc21. The standard InChI is InChI=1S/C16H14O2/c1-2-18-16(17)15-10-9-13-12-6-4-3-5-11(12)7-8-14(13)15/h3-10,15H,2H2,1H3. The predicted octanol–water partition coefficient (Wildman–Crippen LogP) is 3.51. The van der Waals surface area contributed by atoms with Gasteiger partial charge in [0, 0.05) is 0 Å². The van der Waals surface area contributed by atoms with Gasteiger partial charge in [-0.3, -0.25) is 4.79 Å². The number of esters is 1. The molecule has 1 atom stereocenters. The molecule has 1 aliphatic carbocycles. The summed E-state index contributed by atoms with van der Waals surface area (Å²) >= 11 is 0. The number of hydrogen-bond donors (Lipinski definition) is 0. The summed E-state index contributed by atoms with van der Waals surface area (Å²) in [7, 11) is 0. The molecule has 0 amide bonds. The van der Waals surface area contributed by atoms with E-state index >= 15 is 0 Å². The lowest BCUT2D eigenvalue weighted by Crippen LogP contribution is -2.12. The highest BCUT2D eigenvalue weighted by atomic mass is 16.5. The van der Waals surface area contributed by atoms with Crippen molar-refractivity contribution in [2.24, 2.45) is 0 Å². The summed E-state index contributed by atoms with van der Waals surface area (Å²) in [5.41, 5.74) is 2.19. The number of carbonyl (C=O) groups is 1. The lowest BCUT2D eigenvalue weighted by molar-refractivity contribution is -0.143. The zero-order valence-electron chi connectivity index (χ0n) is 10.2. The molecule has 0 bridgehead atoms. The number of fused-ring (bicyclic) bond motifs is 3. The number of benzene rings is 2. The minimum absolute atomic E-state index is 0.164. The Bertz CT molecular complexity index is 641. The van der Waals surface area contributed by atoms with Crippen LogP contribution in [0.5, 0.6) is 0 Å². The largest absolute Gasteiger partial charge is 0.465 e. The third-order valence-corrected chi connectivity index (χ3v) is 3.34. The monoisotopic (exact) mass is 238 g/mol. The first kappa shape index (κ1) is 11.0. The van der Waals surface area contributed by atoms with Crippen LogP contribution in [0.15, 0.2) is 42.5 Å². The molecule has 0 fully saturated rings. The van der Waals surface area contributed by atoms with E-state index < -0.39 is 0 Å². The van der Waals surface area contributed by atoms with E-state index in [1.54, 1.807) is 0 Å². The molecule has 2 nitrogen and oxygen atoms in total. The van der Waals surface area contributed by atoms with E-state index in [4.69, 9.17) is 4.74 Å². The Morgan fingerprint density at radius 2 is 2.06 bits per heavy atom. The summed E-state index contributed by atoms with van der Waals surface area (Å²) in [6, 6.07) is 12.3. The van der Waals surface area contributed by atoms with Crippen LogP contribution >= 0.6 is 0 Å². The van der Waals surface area contributed by atoms with Gasteiger partial charge in [0.2, 0.25) is 0 Å². The molecule has 90 valence electrons. The number of carbonyl (C=O) groups excluding carboxylic acids is 1. The summed E-state index contributed by atoms with van der Waals surface area (Å²) in [5.74, 6) is -0.410. The predicted molar refractivity (Wildman–Crippen MR) is 72.4 cm³/mol. The zero-order valence-corrected chi connectivity index (χ0v) is 10.2. The molecule has 0 spiro atoms. The third kappa shape index (κ3) is 1.61. The second-order valence-corrected chi connectivity index (χ2v) is 4.38. The highest BCUT2D eigenvalue weighted by Gasteiger charge is 2.26. The van der Waals surface area contributed by atoms with Crippen LogP contribution < -0.4 is 0 Å². The molecule has 0 saturated carbocycles. The number of rotatable bonds is 2. The van der Waals surface area contributed by atoms with E-state index in [9.17, 15) is 4.79 Å². The summed E-state index contributed by atoms with van der Waals surface area (Å²) < 4.78 is 5.10. The molecule has 1 aliphatic rings. The second-order valence-electron chi connectivity index (χ2n) is 4.38. The van der Waals surface area contributed by atoms with Crippen LogP contribution in [0.2, 0.25) is 0 Å². The van der Waals surface area contributed by atoms with Crippen LogP contribution in [0.4, 0.5) is 0 Å². The van der Waals surface area contributed by atoms with E-state index in [2.05, 4.69) is 18.2 Å². The Balaban J connectivity index is 2.11. The minimum Gasteiger partial charge on any atom is -0.465 e. The first-order valence-corrected chi connectivity index (χ1v) is 6.17. The van der Waals surface area contributed by atoms with Crippen molar-refractivity contribution in [3.63, 3.8) is 0 Å². The van der Waals surface area contributed by atoms with Gasteiger partial charge in [-0.1, -0.05) is 48.6 Å². The topological polar surface area (TPSA) is 26.3 Å². The molecule has 0 aliphatic heterocycles. The fraction of sp³-hybridized carbons (Fsp3) is 0.188. The first-order chi connectivity index (χ1) is 8.81. The summed E-state index contributed by atoms with van der Waals surface area (Å²) in [6.45, 7) is 2.25. The molecule has 1 unspecified atom stereocenters. The van der Waals surface area contributed by atoms with Crippen molar-refractivity contribution in [3.8, 4) is 0 Å². The molecule has 0 N–H and O–H groups in total. The van der Waals surface area contributed by atoms with Crippen LogP contribution in [-0.4, -0.2) is 12.6 Å². The molecule has 3 rings (SSSR count). The summed E-state index contributed by atoms with van der Waals surface area (Å²) in [4.78, 5) is 11.9. The van der Waals surface area contributed by atoms with Crippen LogP contribution in [0.1, 0.15) is 24.0 Å². The Morgan fingerprint density at radius 3 is 2.89 bits per heavy atom. The fourth-order valence-electron chi connectivity index (χ4n) is 2.50. The van der Waals surface area contributed by atoms with Gasteiger partial charge in [-0.2, -0.15) is 0 Å². The molecule has 2 heteroatoms. The molecular weight excluding hydrogens is 224 g/mol. The minimum atomic E-state index is -0.246. The smallest absolute Gasteiger partial charge is 0.317 e. The van der Waals surface area contributed by atoms with Gasteiger partial charge in [-0.05, 0) is 28.8 Å². The van der Waals surface area contributed by atoms with Gasteiger partial charge in [0.1, 0.15) is 5.92 Å². The van der Waals surface area contributed by atoms with Gasteiger partial charge >= 0.3 is 5.97 Å². The lowest BCUT2D eigenvalue weighted by atomic mass is 9.96. The van der Waals surface area contributed by atoms with Crippen molar-refractivity contribution in [2.75, 3.05) is 6.61 Å². The number of ether oxygens (including phenoxy) is 1. The molecule has 2 aromatic rings. The number of hydrogen-bond acceptors (Lipinski definition) is 2. The van der Waals surface area contributed by atoms with E-state index in [-0.39, 0.29) is 11.9 Å². The third-order valence-electron chi connectivity index (χ3n) is 3.34. The second kappa shape index (κ2) is 4.30. The van der Waals surface area contributed by atoms with E-state index in [0.717, 1.165) is 11.1 Å². The van der Waals surface area contributed by atoms with Crippen LogP contribution in [-0.2, 0) is 9.53 Å². The molecular formula is C16H14O2. The van der Waals surface area contributed by atoms with Crippen LogP contribution in [0.3, 0.4) is 0 Å². The lowest BCUT2D eigenvalue weighted by Gasteiger charge is -2.11. The average Bonchev–Trinajstić information content (AvgIpc) is 2.83. The quantitative estimate of drug-likeness (QED) is 0.748. The Kier molecular flexibility index (Phi) is 2.63. The summed E-state index contributed by atoms with van der Waals surface area (Å²) in [5, 5.41) is 2.39. The normalized spacial score (nSPS) is 16.8. The molecule has 0 heterocycles. The van der Waals surface area contributed by atoms with Gasteiger partial charge in [-0.25, -0.2) is 0 Å². The van der Waals surface area contributed by atoms with Crippen LogP contribution in [0, 0.1) is 0 Å². The molecule has 0 saturated heterocycles. The van der Waals surface area contributed by atoms with E-state index in [0.29, 0.717) is 6.61 Å². The molecule has 0 aromatic heterocycles. The molecule has 2 aromatic carbocycles. The van der Waals surface area contributed by atoms with E-state index in [1.807, 2.05) is 37.3 Å². The highest BCUT2D eigenvalue weighted by Crippen LogP contribution is 2.35. The molecule has 18 heavy (non-hydrogen) atoms. The van der Waals surface area contributed by atoms with Gasteiger partial charge in [-0.15, -0.1) is 0 Å². The van der Waals surface area contributed by atoms with Gasteiger partial charge in [0.05, 0.1) is 6.61 Å². The van der Waals surface area contributed by atoms with Crippen molar-refractivity contribution >= 4 is 22.8 Å². The Labute approximate surface area is 106 Å². The average molecular weight is 238 g/mol. The van der Waals surface area contributed by atoms with Gasteiger partial charge in [0.25, 0.3) is 0 Å². The van der Waals surface area contributed by atoms with Crippen molar-refractivity contribution in [3.05, 3.63) is 53.6 Å². The van der Waals surface area contributed by atoms with Gasteiger partial charge in [0.15, 0.2) is 0 Å². The highest BCUT2D eigenvalue weighted by molar-refractivity contribution is 5.97. The molecule has 0 radical (unpaired) electrons. The van der Waals surface area contributed by atoms with Crippen molar-refractivity contribution in [2.45, 2.75) is 12.8 Å². The van der Waals surface area contributed by atoms with Crippen molar-refractivity contribution in [1.29, 1.82) is 0 Å². The maximum atomic E-state index is 11.9. The van der Waals surface area contributed by atoms with Crippen molar-refractivity contribution < 1.29 is 9.53 Å². The first-order valence-electron chi connectivity index (χ1n) is 6.17. The zero-order chi connectivity index (χ0) is 12.5. The fourth-order valence-corrected chi connectivity index (χ4v) is 2.50. The Morgan fingerprint density at radius 1 is 1.22 bits per heavy atom. The maximum Gasteiger partial charge on any atom is 0.317 e. The Hall–Kier alpha value is -2.09. The maximum absolute atomic E-state index is 11.9. The van der Waals surface area contributed by atoms with E-state index in [1.165, 1.54) is 10.8 Å². The van der Waals surface area contributed by atoms with Crippen LogP contribution in [0.25, 0.3) is 16.8 Å². The summed E-state index contributed by atoms with van der Waals surface area (Å²) in [6.07, 6.45) is 3.95. The van der Waals surface area contributed by atoms with Gasteiger partial charge < -0.3 is 4.74 Å². The van der Waals surface area contributed by atoms with Crippen molar-refractivity contribution in [1.82, 2.24) is 0 Å².